The summed E-state index contributed by atoms with van der Waals surface area (Å²) < 4.78 is 0. The first-order valence-corrected chi connectivity index (χ1v) is 17.7. The smallest absolute Gasteiger partial charge is 0.0980 e. The molecule has 6 rings (SSSR count). The first-order valence-electron chi connectivity index (χ1n) is 13.1. The third-order valence-corrected chi connectivity index (χ3v) is 18.3. The summed E-state index contributed by atoms with van der Waals surface area (Å²) in [5, 5.41) is 8.27. The van der Waals surface area contributed by atoms with Gasteiger partial charge in [0.15, 0.2) is 0 Å². The van der Waals surface area contributed by atoms with Crippen molar-refractivity contribution in [3.8, 4) is 0 Å². The number of benzene rings is 5. The van der Waals surface area contributed by atoms with E-state index >= 15 is 0 Å². The summed E-state index contributed by atoms with van der Waals surface area (Å²) in [6.07, 6.45) is 0. The van der Waals surface area contributed by atoms with Gasteiger partial charge < -0.3 is 0 Å². The van der Waals surface area contributed by atoms with Crippen LogP contribution < -0.4 is 21.2 Å². The second-order valence-corrected chi connectivity index (χ2v) is 17.9. The number of hydrogen-bond acceptors (Lipinski definition) is 0. The molecule has 0 saturated heterocycles. The molecule has 5 aromatic carbocycles. The predicted octanol–water partition coefficient (Wildman–Crippen LogP) is 8.23. The normalized spacial score (nSPS) is 13.3. The van der Waals surface area contributed by atoms with Crippen molar-refractivity contribution >= 4 is 53.6 Å². The van der Waals surface area contributed by atoms with Gasteiger partial charge in [-0.2, -0.15) is 0 Å². The fourth-order valence-corrected chi connectivity index (χ4v) is 17.0. The van der Waals surface area contributed by atoms with E-state index < -0.39 is 14.1 Å². The van der Waals surface area contributed by atoms with Crippen molar-refractivity contribution in [3.05, 3.63) is 182 Å². The molecule has 0 fully saturated rings. The molecule has 1 heterocycles. The van der Waals surface area contributed by atoms with Crippen LogP contribution in [-0.4, -0.2) is 10.1 Å². The zero-order chi connectivity index (χ0) is 26.7. The Bertz CT molecular complexity index is 1640. The molecule has 0 amide bonds. The van der Waals surface area contributed by atoms with Crippen LogP contribution in [0, 0.1) is 0 Å². The average molecular weight is 556 g/mol. The fraction of sp³-hybridized carbons (Fsp3) is 0. The second kappa shape index (κ2) is 10.9. The van der Waals surface area contributed by atoms with Crippen molar-refractivity contribution in [2.24, 2.45) is 0 Å². The van der Waals surface area contributed by atoms with E-state index in [0.717, 1.165) is 0 Å². The van der Waals surface area contributed by atoms with Gasteiger partial charge in [0.05, 0.1) is 5.82 Å². The highest BCUT2D eigenvalue weighted by Gasteiger charge is 2.49. The summed E-state index contributed by atoms with van der Waals surface area (Å²) in [6, 6.07) is 53.0. The van der Waals surface area contributed by atoms with Gasteiger partial charge in [0.25, 0.3) is 0 Å². The van der Waals surface area contributed by atoms with Gasteiger partial charge in [0.2, 0.25) is 0 Å². The van der Waals surface area contributed by atoms with Crippen LogP contribution in [0.5, 0.6) is 0 Å². The fourth-order valence-electron chi connectivity index (χ4n) is 5.67. The predicted molar refractivity (Wildman–Crippen MR) is 180 cm³/mol. The topological polar surface area (TPSA) is 0 Å². The monoisotopic (exact) mass is 555 g/mol. The molecule has 0 N–H and O–H groups in total. The molecule has 0 spiro atoms. The maximum atomic E-state index is 4.53. The van der Waals surface area contributed by atoms with Crippen LogP contribution in [-0.2, 0) is 0 Å². The van der Waals surface area contributed by atoms with Gasteiger partial charge >= 0.3 is 0 Å². The Hall–Kier alpha value is -3.52. The van der Waals surface area contributed by atoms with Gasteiger partial charge in [-0.05, 0) is 61.6 Å². The Morgan fingerprint density at radius 1 is 0.513 bits per heavy atom. The van der Waals surface area contributed by atoms with E-state index in [1.807, 2.05) is 0 Å². The summed E-state index contributed by atoms with van der Waals surface area (Å²) in [5.41, 5.74) is 2.68. The molecule has 0 aromatic heterocycles. The largest absolute Gasteiger partial charge is 0.143 e. The molecule has 0 radical (unpaired) electrons. The molecule has 5 aromatic rings. The van der Waals surface area contributed by atoms with E-state index in [2.05, 4.69) is 170 Å². The summed E-state index contributed by atoms with van der Waals surface area (Å²) in [4.78, 5) is 0. The number of hydrogen-bond donors (Lipinski definition) is 0. The molecule has 1 aliphatic heterocycles. The van der Waals surface area contributed by atoms with Gasteiger partial charge in [-0.15, -0.1) is 0 Å². The quantitative estimate of drug-likeness (QED) is 0.178. The molecule has 0 bridgehead atoms. The molecule has 0 saturated carbocycles. The number of rotatable bonds is 7. The first-order chi connectivity index (χ1) is 19.3. The molecule has 188 valence electrons. The third-order valence-electron chi connectivity index (χ3n) is 7.49. The maximum Gasteiger partial charge on any atom is 0.143 e. The van der Waals surface area contributed by atoms with Crippen molar-refractivity contribution in [2.45, 2.75) is 0 Å². The van der Waals surface area contributed by atoms with Crippen molar-refractivity contribution in [3.63, 3.8) is 0 Å². The minimum absolute atomic E-state index is 1.25. The van der Waals surface area contributed by atoms with Crippen LogP contribution in [0.25, 0.3) is 0 Å². The van der Waals surface area contributed by atoms with Crippen LogP contribution in [0.4, 0.5) is 0 Å². The molecule has 39 heavy (non-hydrogen) atoms. The summed E-state index contributed by atoms with van der Waals surface area (Å²) in [7, 11) is -0.877. The third kappa shape index (κ3) is 4.16. The minimum Gasteiger partial charge on any atom is -0.0980 e. The minimum atomic E-state index is -2.13. The molecule has 0 unspecified atom stereocenters. The van der Waals surface area contributed by atoms with Gasteiger partial charge in [-0.1, -0.05) is 134 Å². The van der Waals surface area contributed by atoms with Gasteiger partial charge in [-0.25, -0.2) is 0 Å². The lowest BCUT2D eigenvalue weighted by atomic mass is 10.1. The van der Waals surface area contributed by atoms with Crippen LogP contribution >= 0.6 is 22.4 Å². The lowest BCUT2D eigenvalue weighted by molar-refractivity contribution is 1.66. The van der Waals surface area contributed by atoms with E-state index in [1.54, 1.807) is 0 Å². The Morgan fingerprint density at radius 3 is 1.36 bits per heavy atom. The summed E-state index contributed by atoms with van der Waals surface area (Å²) in [5.74, 6) is 4.53. The number of fused-ring (bicyclic) bond motifs is 1. The van der Waals surface area contributed by atoms with Gasteiger partial charge in [0, 0.05) is 10.6 Å². The van der Waals surface area contributed by atoms with Crippen molar-refractivity contribution in [2.75, 3.05) is 0 Å². The van der Waals surface area contributed by atoms with Gasteiger partial charge in [0.1, 0.15) is 22.9 Å². The zero-order valence-corrected chi connectivity index (χ0v) is 24.5. The standard InChI is InChI=1S/C36H30P3/c1-3-38(29-19-9-5-10-20-29,30-21-11-6-12-22-30)35-33-27-17-18-28-34(33)36(37-35)39(4-2,31-23-13-7-14-24-31)32-25-15-8-16-26-32/h3-28H,1-2H2/q+1. The average Bonchev–Trinajstić information content (AvgIpc) is 3.41. The van der Waals surface area contributed by atoms with Gasteiger partial charge in [-0.3, -0.25) is 0 Å². The van der Waals surface area contributed by atoms with Crippen molar-refractivity contribution in [1.29, 1.82) is 0 Å². The highest BCUT2D eigenvalue weighted by atomic mass is 31.2. The summed E-state index contributed by atoms with van der Waals surface area (Å²) >= 11 is 0. The van der Waals surface area contributed by atoms with Crippen LogP contribution in [0.2, 0.25) is 0 Å². The lowest BCUT2D eigenvalue weighted by Gasteiger charge is -2.27. The van der Waals surface area contributed by atoms with Crippen LogP contribution in [0.1, 0.15) is 11.1 Å². The molecule has 3 heteroatoms. The molecule has 1 aliphatic rings. The molecule has 0 atom stereocenters. The van der Waals surface area contributed by atoms with E-state index in [9.17, 15) is 0 Å². The SMILES string of the molecule is C=CP(=C1P=C([P+](C=C)(c2ccccc2)c2ccccc2)c2ccccc21)(c1ccccc1)c1ccccc1. The highest BCUT2D eigenvalue weighted by Crippen LogP contribution is 2.66. The summed E-state index contributed by atoms with van der Waals surface area (Å²) in [6.45, 7) is 6.93. The molecule has 0 nitrogen and oxygen atoms in total. The van der Waals surface area contributed by atoms with Crippen LogP contribution in [0.15, 0.2) is 170 Å². The Morgan fingerprint density at radius 2 is 0.923 bits per heavy atom. The zero-order valence-electron chi connectivity index (χ0n) is 21.8. The van der Waals surface area contributed by atoms with Crippen LogP contribution in [0.3, 0.4) is 0 Å². The second-order valence-electron chi connectivity index (χ2n) is 9.46. The first kappa shape index (κ1) is 25.7. The van der Waals surface area contributed by atoms with E-state index in [0.29, 0.717) is 0 Å². The van der Waals surface area contributed by atoms with Crippen molar-refractivity contribution in [1.82, 2.24) is 0 Å². The highest BCUT2D eigenvalue weighted by molar-refractivity contribution is 8.15. The molecular formula is C36H30P3+. The Kier molecular flexibility index (Phi) is 7.21. The molecule has 0 aliphatic carbocycles. The Balaban J connectivity index is 1.80. The van der Waals surface area contributed by atoms with E-state index in [1.165, 1.54) is 50.6 Å². The maximum absolute atomic E-state index is 4.53. The van der Waals surface area contributed by atoms with E-state index in [-0.39, 0.29) is 0 Å². The van der Waals surface area contributed by atoms with Crippen molar-refractivity contribution < 1.29 is 0 Å². The lowest BCUT2D eigenvalue weighted by Crippen LogP contribution is -2.26. The Labute approximate surface area is 234 Å². The van der Waals surface area contributed by atoms with E-state index in [4.69, 9.17) is 0 Å². The molecular weight excluding hydrogens is 525 g/mol.